The molecule has 0 aliphatic rings. The Labute approximate surface area is 209 Å². The highest BCUT2D eigenvalue weighted by Crippen LogP contribution is 2.41. The second kappa shape index (κ2) is 10.2. The van der Waals surface area contributed by atoms with Gasteiger partial charge in [0.1, 0.15) is 22.8 Å². The van der Waals surface area contributed by atoms with Gasteiger partial charge in [-0.05, 0) is 61.4 Å². The summed E-state index contributed by atoms with van der Waals surface area (Å²) in [4.78, 5) is 12.7. The number of methoxy groups -OCH3 is 3. The average molecular weight is 492 g/mol. The van der Waals surface area contributed by atoms with Crippen molar-refractivity contribution in [2.24, 2.45) is 0 Å². The van der Waals surface area contributed by atoms with Crippen LogP contribution < -0.4 is 19.5 Å². The Morgan fingerprint density at radius 1 is 0.943 bits per heavy atom. The fourth-order valence-electron chi connectivity index (χ4n) is 3.89. The van der Waals surface area contributed by atoms with Crippen LogP contribution in [0.3, 0.4) is 0 Å². The maximum atomic E-state index is 12.7. The number of amides is 1. The summed E-state index contributed by atoms with van der Waals surface area (Å²) in [5.41, 5.74) is 5.38. The molecule has 0 bridgehead atoms. The molecule has 6 nitrogen and oxygen atoms in total. The standard InChI is InChI=1S/C28H26ClNO5/c1-16-6-7-18(11-24(16)29)30-28(31)10-17(2)20-13-22-23(15-35-27(22)14-26(20)34-5)21-12-19(32-3)8-9-25(21)33-4/h6-15H,1-5H3,(H,30,31)/b17-10+. The molecule has 0 atom stereocenters. The van der Waals surface area contributed by atoms with Crippen LogP contribution in [0.4, 0.5) is 5.69 Å². The summed E-state index contributed by atoms with van der Waals surface area (Å²) in [6.45, 7) is 3.77. The SMILES string of the molecule is COc1ccc(OC)c(-c2coc3cc(OC)c(/C(C)=C/C(=O)Nc4ccc(C)c(Cl)c4)cc23)c1. The minimum Gasteiger partial charge on any atom is -0.497 e. The van der Waals surface area contributed by atoms with Crippen LogP contribution in [0.5, 0.6) is 17.2 Å². The number of fused-ring (bicyclic) bond motifs is 1. The zero-order valence-electron chi connectivity index (χ0n) is 20.2. The highest BCUT2D eigenvalue weighted by Gasteiger charge is 2.18. The number of carbonyl (C=O) groups is 1. The number of nitrogens with one attached hydrogen (secondary N) is 1. The van der Waals surface area contributed by atoms with E-state index in [1.54, 1.807) is 33.7 Å². The maximum Gasteiger partial charge on any atom is 0.248 e. The molecule has 3 aromatic carbocycles. The van der Waals surface area contributed by atoms with Gasteiger partial charge in [-0.2, -0.15) is 0 Å². The second-order valence-corrected chi connectivity index (χ2v) is 8.45. The third-order valence-corrected chi connectivity index (χ3v) is 6.21. The van der Waals surface area contributed by atoms with Crippen molar-refractivity contribution in [3.63, 3.8) is 0 Å². The van der Waals surface area contributed by atoms with E-state index in [9.17, 15) is 4.79 Å². The van der Waals surface area contributed by atoms with Crippen molar-refractivity contribution in [1.29, 1.82) is 0 Å². The monoisotopic (exact) mass is 491 g/mol. The van der Waals surface area contributed by atoms with Crippen molar-refractivity contribution >= 4 is 39.7 Å². The van der Waals surface area contributed by atoms with Gasteiger partial charge in [0.05, 0.1) is 27.6 Å². The summed E-state index contributed by atoms with van der Waals surface area (Å²) < 4.78 is 22.4. The van der Waals surface area contributed by atoms with Gasteiger partial charge in [0.15, 0.2) is 0 Å². The molecule has 4 aromatic rings. The van der Waals surface area contributed by atoms with Crippen molar-refractivity contribution in [3.05, 3.63) is 77.0 Å². The van der Waals surface area contributed by atoms with Crippen molar-refractivity contribution in [3.8, 4) is 28.4 Å². The topological polar surface area (TPSA) is 69.9 Å². The van der Waals surface area contributed by atoms with E-state index < -0.39 is 0 Å². The van der Waals surface area contributed by atoms with Gasteiger partial charge in [0.2, 0.25) is 5.91 Å². The fourth-order valence-corrected chi connectivity index (χ4v) is 4.07. The van der Waals surface area contributed by atoms with Crippen LogP contribution in [0, 0.1) is 6.92 Å². The molecule has 7 heteroatoms. The van der Waals surface area contributed by atoms with Crippen molar-refractivity contribution < 1.29 is 23.4 Å². The van der Waals surface area contributed by atoms with Gasteiger partial charge in [0, 0.05) is 44.9 Å². The molecule has 4 rings (SSSR count). The van der Waals surface area contributed by atoms with Crippen LogP contribution in [-0.4, -0.2) is 27.2 Å². The Bertz CT molecular complexity index is 1440. The number of rotatable bonds is 7. The van der Waals surface area contributed by atoms with Crippen LogP contribution >= 0.6 is 11.6 Å². The molecule has 0 radical (unpaired) electrons. The molecule has 0 aliphatic carbocycles. The van der Waals surface area contributed by atoms with Gasteiger partial charge in [-0.15, -0.1) is 0 Å². The normalized spacial score (nSPS) is 11.4. The van der Waals surface area contributed by atoms with Gasteiger partial charge in [-0.1, -0.05) is 17.7 Å². The molecule has 0 spiro atoms. The Balaban J connectivity index is 1.75. The van der Waals surface area contributed by atoms with E-state index in [2.05, 4.69) is 5.32 Å². The van der Waals surface area contributed by atoms with Crippen molar-refractivity contribution in [2.45, 2.75) is 13.8 Å². The lowest BCUT2D eigenvalue weighted by molar-refractivity contribution is -0.111. The quantitative estimate of drug-likeness (QED) is 0.278. The van der Waals surface area contributed by atoms with Crippen LogP contribution in [0.25, 0.3) is 27.7 Å². The molecule has 0 fully saturated rings. The lowest BCUT2D eigenvalue weighted by atomic mass is 9.98. The smallest absolute Gasteiger partial charge is 0.248 e. The summed E-state index contributed by atoms with van der Waals surface area (Å²) in [5.74, 6) is 1.71. The minimum atomic E-state index is -0.272. The van der Waals surface area contributed by atoms with Crippen LogP contribution in [0.15, 0.2) is 65.3 Å². The molecular formula is C28H26ClNO5. The number of aryl methyl sites for hydroxylation is 1. The molecule has 1 aromatic heterocycles. The summed E-state index contributed by atoms with van der Waals surface area (Å²) >= 11 is 6.18. The van der Waals surface area contributed by atoms with Gasteiger partial charge >= 0.3 is 0 Å². The van der Waals surface area contributed by atoms with Crippen LogP contribution in [0.1, 0.15) is 18.1 Å². The maximum absolute atomic E-state index is 12.7. The van der Waals surface area contributed by atoms with Gasteiger partial charge in [-0.25, -0.2) is 0 Å². The van der Waals surface area contributed by atoms with Gasteiger partial charge < -0.3 is 23.9 Å². The number of furan rings is 1. The molecular weight excluding hydrogens is 466 g/mol. The Kier molecular flexibility index (Phi) is 7.03. The predicted molar refractivity (Wildman–Crippen MR) is 140 cm³/mol. The third kappa shape index (κ3) is 4.98. The highest BCUT2D eigenvalue weighted by molar-refractivity contribution is 6.31. The zero-order chi connectivity index (χ0) is 25.1. The van der Waals surface area contributed by atoms with E-state index in [1.165, 1.54) is 6.08 Å². The van der Waals surface area contributed by atoms with E-state index in [0.717, 1.165) is 33.2 Å². The largest absolute Gasteiger partial charge is 0.497 e. The first-order valence-electron chi connectivity index (χ1n) is 10.9. The number of allylic oxidation sites excluding steroid dienone is 1. The molecule has 180 valence electrons. The van der Waals surface area contributed by atoms with Crippen molar-refractivity contribution in [1.82, 2.24) is 0 Å². The van der Waals surface area contributed by atoms with Crippen LogP contribution in [-0.2, 0) is 4.79 Å². The lowest BCUT2D eigenvalue weighted by Crippen LogP contribution is -2.08. The van der Waals surface area contributed by atoms with E-state index in [-0.39, 0.29) is 5.91 Å². The number of ether oxygens (including phenoxy) is 3. The Hall–Kier alpha value is -3.90. The van der Waals surface area contributed by atoms with Gasteiger partial charge in [0.25, 0.3) is 0 Å². The number of anilines is 1. The van der Waals surface area contributed by atoms with E-state index in [0.29, 0.717) is 33.5 Å². The summed E-state index contributed by atoms with van der Waals surface area (Å²) in [5, 5.41) is 4.30. The second-order valence-electron chi connectivity index (χ2n) is 8.04. The molecule has 35 heavy (non-hydrogen) atoms. The first kappa shape index (κ1) is 24.2. The number of hydrogen-bond acceptors (Lipinski definition) is 5. The van der Waals surface area contributed by atoms with E-state index in [4.69, 9.17) is 30.2 Å². The predicted octanol–water partition coefficient (Wildman–Crippen LogP) is 7.13. The number of carbonyl (C=O) groups excluding carboxylic acids is 1. The molecule has 0 unspecified atom stereocenters. The summed E-state index contributed by atoms with van der Waals surface area (Å²) in [6.07, 6.45) is 3.21. The van der Waals surface area contributed by atoms with Crippen LogP contribution in [0.2, 0.25) is 5.02 Å². The molecule has 1 heterocycles. The highest BCUT2D eigenvalue weighted by atomic mass is 35.5. The summed E-state index contributed by atoms with van der Waals surface area (Å²) in [7, 11) is 4.82. The van der Waals surface area contributed by atoms with Crippen molar-refractivity contribution in [2.75, 3.05) is 26.6 Å². The average Bonchev–Trinajstić information content (AvgIpc) is 3.27. The molecule has 1 N–H and O–H groups in total. The first-order chi connectivity index (χ1) is 16.8. The third-order valence-electron chi connectivity index (χ3n) is 5.80. The van der Waals surface area contributed by atoms with Gasteiger partial charge in [-0.3, -0.25) is 4.79 Å². The Morgan fingerprint density at radius 3 is 2.40 bits per heavy atom. The first-order valence-corrected chi connectivity index (χ1v) is 11.3. The fraction of sp³-hybridized carbons (Fsp3) is 0.179. The number of halogens is 1. The molecule has 0 saturated heterocycles. The molecule has 1 amide bonds. The lowest BCUT2D eigenvalue weighted by Gasteiger charge is -2.12. The molecule has 0 saturated carbocycles. The van der Waals surface area contributed by atoms with E-state index >= 15 is 0 Å². The number of hydrogen-bond donors (Lipinski definition) is 1. The zero-order valence-corrected chi connectivity index (χ0v) is 20.9. The number of benzene rings is 3. The van der Waals surface area contributed by atoms with E-state index in [1.807, 2.05) is 56.3 Å². The summed E-state index contributed by atoms with van der Waals surface area (Å²) in [6, 6.07) is 14.8. The Morgan fingerprint density at radius 2 is 1.71 bits per heavy atom. The minimum absolute atomic E-state index is 0.272. The molecule has 0 aliphatic heterocycles.